The van der Waals surface area contributed by atoms with Crippen LogP contribution >= 0.6 is 0 Å². The fraction of sp³-hybridized carbons (Fsp3) is 0.0833. The van der Waals surface area contributed by atoms with Crippen LogP contribution in [-0.4, -0.2) is 32.1 Å². The maximum atomic E-state index is 10.9. The molecule has 0 amide bonds. The summed E-state index contributed by atoms with van der Waals surface area (Å²) in [4.78, 5) is 35.5. The van der Waals surface area contributed by atoms with Gasteiger partial charge in [-0.3, -0.25) is 10.1 Å². The van der Waals surface area contributed by atoms with Crippen LogP contribution in [0.5, 0.6) is 0 Å². The van der Waals surface area contributed by atoms with Crippen LogP contribution in [0.25, 0.3) is 11.5 Å². The fourth-order valence-corrected chi connectivity index (χ4v) is 1.73. The average Bonchev–Trinajstić information content (AvgIpc) is 2.83. The summed E-state index contributed by atoms with van der Waals surface area (Å²) in [6.45, 7) is 1.49. The second-order valence-electron chi connectivity index (χ2n) is 4.07. The normalized spacial score (nSPS) is 10.3. The molecule has 0 spiro atoms. The van der Waals surface area contributed by atoms with Gasteiger partial charge in [-0.05, 0) is 19.1 Å². The van der Waals surface area contributed by atoms with Crippen molar-refractivity contribution < 1.29 is 29.1 Å². The minimum absolute atomic E-state index is 0.123. The molecule has 21 heavy (non-hydrogen) atoms. The van der Waals surface area contributed by atoms with E-state index in [0.29, 0.717) is 5.56 Å². The van der Waals surface area contributed by atoms with Gasteiger partial charge >= 0.3 is 11.9 Å². The Morgan fingerprint density at radius 1 is 1.29 bits per heavy atom. The molecule has 9 heteroatoms. The number of aryl methyl sites for hydroxylation is 1. The lowest BCUT2D eigenvalue weighted by Gasteiger charge is -1.99. The molecule has 0 unspecified atom stereocenters. The molecule has 0 atom stereocenters. The van der Waals surface area contributed by atoms with Gasteiger partial charge in [-0.15, -0.1) is 0 Å². The van der Waals surface area contributed by atoms with Crippen molar-refractivity contribution in [2.75, 3.05) is 0 Å². The third kappa shape index (κ3) is 2.56. The number of rotatable bonds is 4. The zero-order valence-electron chi connectivity index (χ0n) is 10.6. The van der Waals surface area contributed by atoms with Gasteiger partial charge in [0.15, 0.2) is 0 Å². The highest BCUT2D eigenvalue weighted by atomic mass is 16.6. The predicted octanol–water partition coefficient (Wildman–Crippen LogP) is 1.95. The largest absolute Gasteiger partial charge is 0.476 e. The highest BCUT2D eigenvalue weighted by Crippen LogP contribution is 2.27. The first-order valence-corrected chi connectivity index (χ1v) is 5.54. The molecule has 0 saturated carbocycles. The van der Waals surface area contributed by atoms with Crippen LogP contribution in [0.15, 0.2) is 22.6 Å². The van der Waals surface area contributed by atoms with E-state index >= 15 is 0 Å². The molecule has 1 heterocycles. The third-order valence-electron chi connectivity index (χ3n) is 2.66. The van der Waals surface area contributed by atoms with E-state index < -0.39 is 28.3 Å². The summed E-state index contributed by atoms with van der Waals surface area (Å²) < 4.78 is 4.92. The molecule has 1 aromatic heterocycles. The highest BCUT2D eigenvalue weighted by molar-refractivity contribution is 5.98. The SMILES string of the molecule is Cc1cc(-c2nc(C(=O)O)c(C(=O)O)o2)ccc1[N+](=O)[O-]. The zero-order valence-corrected chi connectivity index (χ0v) is 10.6. The summed E-state index contributed by atoms with van der Waals surface area (Å²) >= 11 is 0. The van der Waals surface area contributed by atoms with Gasteiger partial charge < -0.3 is 14.6 Å². The number of nitro groups is 1. The number of carbonyl (C=O) groups is 2. The summed E-state index contributed by atoms with van der Waals surface area (Å²) in [7, 11) is 0. The molecule has 0 radical (unpaired) electrons. The van der Waals surface area contributed by atoms with Crippen molar-refractivity contribution in [3.8, 4) is 11.5 Å². The van der Waals surface area contributed by atoms with Gasteiger partial charge in [-0.25, -0.2) is 14.6 Å². The molecule has 9 nitrogen and oxygen atoms in total. The first-order chi connectivity index (χ1) is 9.81. The Labute approximate surface area is 116 Å². The van der Waals surface area contributed by atoms with E-state index in [1.54, 1.807) is 0 Å². The minimum atomic E-state index is -1.57. The van der Waals surface area contributed by atoms with E-state index in [1.165, 1.54) is 25.1 Å². The first-order valence-electron chi connectivity index (χ1n) is 5.54. The molecule has 2 N–H and O–H groups in total. The van der Waals surface area contributed by atoms with Crippen molar-refractivity contribution >= 4 is 17.6 Å². The zero-order chi connectivity index (χ0) is 15.7. The number of aromatic nitrogens is 1. The molecule has 2 aromatic rings. The maximum Gasteiger partial charge on any atom is 0.374 e. The van der Waals surface area contributed by atoms with E-state index in [1.807, 2.05) is 0 Å². The summed E-state index contributed by atoms with van der Waals surface area (Å²) in [5.41, 5.74) is -0.298. The lowest BCUT2D eigenvalue weighted by Crippen LogP contribution is -2.05. The number of nitrogens with zero attached hydrogens (tertiary/aromatic N) is 2. The van der Waals surface area contributed by atoms with E-state index in [0.717, 1.165) is 0 Å². The summed E-state index contributed by atoms with van der Waals surface area (Å²) in [5.74, 6) is -4.14. The van der Waals surface area contributed by atoms with E-state index in [9.17, 15) is 19.7 Å². The molecule has 0 aliphatic heterocycles. The van der Waals surface area contributed by atoms with Gasteiger partial charge in [0.25, 0.3) is 5.69 Å². The summed E-state index contributed by atoms with van der Waals surface area (Å²) in [5, 5.41) is 28.4. The number of carboxylic acid groups (broad SMARTS) is 2. The van der Waals surface area contributed by atoms with Crippen LogP contribution in [0.3, 0.4) is 0 Å². The molecular weight excluding hydrogens is 284 g/mol. The summed E-state index contributed by atoms with van der Waals surface area (Å²) in [6.07, 6.45) is 0. The van der Waals surface area contributed by atoms with Crippen LogP contribution in [0, 0.1) is 17.0 Å². The lowest BCUT2D eigenvalue weighted by atomic mass is 10.1. The summed E-state index contributed by atoms with van der Waals surface area (Å²) in [6, 6.07) is 3.87. The van der Waals surface area contributed by atoms with Crippen molar-refractivity contribution in [1.82, 2.24) is 4.98 Å². The number of aromatic carboxylic acids is 2. The van der Waals surface area contributed by atoms with Gasteiger partial charge in [-0.2, -0.15) is 0 Å². The molecule has 0 bridgehead atoms. The molecule has 0 saturated heterocycles. The van der Waals surface area contributed by atoms with Gasteiger partial charge in [0.2, 0.25) is 17.3 Å². The molecule has 108 valence electrons. The Balaban J connectivity index is 2.55. The molecule has 0 aliphatic rings. The molecule has 0 fully saturated rings. The average molecular weight is 292 g/mol. The van der Waals surface area contributed by atoms with Gasteiger partial charge in [-0.1, -0.05) is 0 Å². The predicted molar refractivity (Wildman–Crippen MR) is 67.2 cm³/mol. The number of oxazole rings is 1. The molecule has 2 rings (SSSR count). The lowest BCUT2D eigenvalue weighted by molar-refractivity contribution is -0.385. The first kappa shape index (κ1) is 14.2. The van der Waals surface area contributed by atoms with Crippen molar-refractivity contribution in [3.63, 3.8) is 0 Å². The number of carboxylic acids is 2. The van der Waals surface area contributed by atoms with Gasteiger partial charge in [0, 0.05) is 17.2 Å². The highest BCUT2D eigenvalue weighted by Gasteiger charge is 2.25. The fourth-order valence-electron chi connectivity index (χ4n) is 1.73. The van der Waals surface area contributed by atoms with E-state index in [-0.39, 0.29) is 17.1 Å². The van der Waals surface area contributed by atoms with Gasteiger partial charge in [0.1, 0.15) is 0 Å². The smallest absolute Gasteiger partial charge is 0.374 e. The van der Waals surface area contributed by atoms with Crippen LogP contribution in [0.2, 0.25) is 0 Å². The van der Waals surface area contributed by atoms with Crippen LogP contribution in [0.1, 0.15) is 26.6 Å². The Morgan fingerprint density at radius 2 is 1.95 bits per heavy atom. The minimum Gasteiger partial charge on any atom is -0.476 e. The Morgan fingerprint density at radius 3 is 2.38 bits per heavy atom. The topological polar surface area (TPSA) is 144 Å². The number of hydrogen-bond donors (Lipinski definition) is 2. The van der Waals surface area contributed by atoms with E-state index in [2.05, 4.69) is 4.98 Å². The third-order valence-corrected chi connectivity index (χ3v) is 2.66. The second-order valence-corrected chi connectivity index (χ2v) is 4.07. The van der Waals surface area contributed by atoms with E-state index in [4.69, 9.17) is 14.6 Å². The number of hydrogen-bond acceptors (Lipinski definition) is 6. The van der Waals surface area contributed by atoms with Crippen LogP contribution < -0.4 is 0 Å². The monoisotopic (exact) mass is 292 g/mol. The molecular formula is C12H8N2O7. The van der Waals surface area contributed by atoms with Crippen LogP contribution in [-0.2, 0) is 0 Å². The molecule has 1 aromatic carbocycles. The standard InChI is InChI=1S/C12H8N2O7/c1-5-4-6(2-3-7(5)14(19)20)10-13-8(11(15)16)9(21-10)12(17)18/h2-4H,1H3,(H,15,16)(H,17,18). The Bertz CT molecular complexity index is 731. The van der Waals surface area contributed by atoms with Gasteiger partial charge in [0.05, 0.1) is 4.92 Å². The van der Waals surface area contributed by atoms with Crippen molar-refractivity contribution in [2.45, 2.75) is 6.92 Å². The maximum absolute atomic E-state index is 10.9. The van der Waals surface area contributed by atoms with Crippen LogP contribution in [0.4, 0.5) is 5.69 Å². The Kier molecular flexibility index (Phi) is 3.40. The van der Waals surface area contributed by atoms with Crippen molar-refractivity contribution in [1.29, 1.82) is 0 Å². The van der Waals surface area contributed by atoms with Crippen molar-refractivity contribution in [3.05, 3.63) is 45.3 Å². The number of nitro benzene ring substituents is 1. The van der Waals surface area contributed by atoms with Crippen molar-refractivity contribution in [2.24, 2.45) is 0 Å². The Hall–Kier alpha value is -3.23. The quantitative estimate of drug-likeness (QED) is 0.642. The second kappa shape index (κ2) is 5.04. The molecule has 0 aliphatic carbocycles. The number of benzene rings is 1.